The van der Waals surface area contributed by atoms with Crippen molar-refractivity contribution in [3.8, 4) is 11.1 Å². The molecule has 4 aromatic rings. The van der Waals surface area contributed by atoms with Crippen LogP contribution in [0.2, 0.25) is 0 Å². The maximum atomic E-state index is 4.80. The van der Waals surface area contributed by atoms with Gasteiger partial charge in [0.1, 0.15) is 11.5 Å². The summed E-state index contributed by atoms with van der Waals surface area (Å²) in [6.07, 6.45) is 9.93. The molecular weight excluding hydrogens is 314 g/mol. The molecule has 0 aliphatic carbocycles. The van der Waals surface area contributed by atoms with E-state index in [9.17, 15) is 0 Å². The molecule has 7 heteroatoms. The largest absolute Gasteiger partial charge is 0.366 e. The van der Waals surface area contributed by atoms with Crippen molar-refractivity contribution in [1.29, 1.82) is 0 Å². The normalized spacial score (nSPS) is 18.0. The van der Waals surface area contributed by atoms with E-state index in [2.05, 4.69) is 31.8 Å². The quantitative estimate of drug-likeness (QED) is 0.536. The second-order valence-electron chi connectivity index (χ2n) is 6.47. The minimum absolute atomic E-state index is 0.424. The average Bonchev–Trinajstić information content (AvgIpc) is 3.28. The molecule has 1 saturated heterocycles. The van der Waals surface area contributed by atoms with Crippen LogP contribution in [0, 0.1) is 0 Å². The molecule has 4 aromatic heterocycles. The van der Waals surface area contributed by atoms with Gasteiger partial charge in [-0.05, 0) is 37.6 Å². The van der Waals surface area contributed by atoms with E-state index in [1.165, 1.54) is 12.8 Å². The standard InChI is InChI=1S/C18H19N7/c1-2-14(10-19-5-1)23-16-4-7-25-18(24-16)15(11-22-25)13-8-12-3-6-20-17(12)21-9-13/h3-4,6-9,11,14,19H,1-2,5,10H2,(H,20,21)(H,23,24). The van der Waals surface area contributed by atoms with E-state index in [4.69, 9.17) is 4.98 Å². The van der Waals surface area contributed by atoms with Crippen molar-refractivity contribution in [3.05, 3.63) is 43.0 Å². The number of H-pyrrole nitrogens is 1. The van der Waals surface area contributed by atoms with Gasteiger partial charge in [0, 0.05) is 47.7 Å². The lowest BCUT2D eigenvalue weighted by atomic mass is 10.1. The first-order valence-electron chi connectivity index (χ1n) is 8.62. The van der Waals surface area contributed by atoms with Gasteiger partial charge in [-0.2, -0.15) is 5.10 Å². The van der Waals surface area contributed by atoms with Crippen LogP contribution in [0.4, 0.5) is 5.82 Å². The zero-order valence-electron chi connectivity index (χ0n) is 13.7. The molecule has 0 amide bonds. The molecule has 3 N–H and O–H groups in total. The van der Waals surface area contributed by atoms with Gasteiger partial charge in [0.2, 0.25) is 0 Å². The molecule has 126 valence electrons. The number of aromatic nitrogens is 5. The lowest BCUT2D eigenvalue weighted by Gasteiger charge is -2.24. The number of nitrogens with zero attached hydrogens (tertiary/aromatic N) is 4. The summed E-state index contributed by atoms with van der Waals surface area (Å²) < 4.78 is 1.81. The fourth-order valence-electron chi connectivity index (χ4n) is 3.42. The number of nitrogens with one attached hydrogen (secondary N) is 3. The number of fused-ring (bicyclic) bond motifs is 2. The lowest BCUT2D eigenvalue weighted by molar-refractivity contribution is 0.479. The van der Waals surface area contributed by atoms with Crippen molar-refractivity contribution in [2.75, 3.05) is 18.4 Å². The highest BCUT2D eigenvalue weighted by molar-refractivity contribution is 5.85. The molecule has 0 spiro atoms. The van der Waals surface area contributed by atoms with Crippen LogP contribution >= 0.6 is 0 Å². The number of anilines is 1. The predicted molar refractivity (Wildman–Crippen MR) is 97.6 cm³/mol. The van der Waals surface area contributed by atoms with Crippen LogP contribution in [0.25, 0.3) is 27.8 Å². The van der Waals surface area contributed by atoms with Crippen LogP contribution in [-0.4, -0.2) is 43.7 Å². The SMILES string of the molecule is c1cc2cc(-c3cnn4ccc(NC5CCCNC5)nc34)cnc2[nH]1. The highest BCUT2D eigenvalue weighted by Crippen LogP contribution is 2.26. The van der Waals surface area contributed by atoms with Crippen LogP contribution in [0.3, 0.4) is 0 Å². The van der Waals surface area contributed by atoms with Gasteiger partial charge in [-0.25, -0.2) is 14.5 Å². The Morgan fingerprint density at radius 3 is 3.16 bits per heavy atom. The average molecular weight is 333 g/mol. The minimum atomic E-state index is 0.424. The molecule has 0 aromatic carbocycles. The van der Waals surface area contributed by atoms with Gasteiger partial charge in [-0.3, -0.25) is 0 Å². The maximum Gasteiger partial charge on any atom is 0.165 e. The zero-order chi connectivity index (χ0) is 16.6. The van der Waals surface area contributed by atoms with Crippen molar-refractivity contribution >= 4 is 22.5 Å². The van der Waals surface area contributed by atoms with Crippen molar-refractivity contribution in [3.63, 3.8) is 0 Å². The summed E-state index contributed by atoms with van der Waals surface area (Å²) >= 11 is 0. The summed E-state index contributed by atoms with van der Waals surface area (Å²) in [7, 11) is 0. The Hall–Kier alpha value is -2.93. The molecule has 5 heterocycles. The summed E-state index contributed by atoms with van der Waals surface area (Å²) in [5, 5.41) is 12.5. The lowest BCUT2D eigenvalue weighted by Crippen LogP contribution is -2.38. The number of aromatic amines is 1. The second kappa shape index (κ2) is 5.86. The van der Waals surface area contributed by atoms with Crippen LogP contribution in [-0.2, 0) is 0 Å². The number of rotatable bonds is 3. The van der Waals surface area contributed by atoms with Crippen LogP contribution in [0.1, 0.15) is 12.8 Å². The van der Waals surface area contributed by atoms with Crippen molar-refractivity contribution < 1.29 is 0 Å². The molecule has 7 nitrogen and oxygen atoms in total. The molecular formula is C18H19N7. The van der Waals surface area contributed by atoms with Crippen molar-refractivity contribution in [1.82, 2.24) is 29.9 Å². The number of piperidine rings is 1. The Kier molecular flexibility index (Phi) is 3.38. The molecule has 1 aliphatic heterocycles. The van der Waals surface area contributed by atoms with Crippen molar-refractivity contribution in [2.24, 2.45) is 0 Å². The summed E-state index contributed by atoms with van der Waals surface area (Å²) in [5.41, 5.74) is 3.73. The Morgan fingerprint density at radius 2 is 2.24 bits per heavy atom. The van der Waals surface area contributed by atoms with E-state index >= 15 is 0 Å². The smallest absolute Gasteiger partial charge is 0.165 e. The van der Waals surface area contributed by atoms with E-state index in [-0.39, 0.29) is 0 Å². The molecule has 1 atom stereocenters. The molecule has 1 aliphatic rings. The number of pyridine rings is 1. The monoisotopic (exact) mass is 333 g/mol. The Bertz CT molecular complexity index is 1030. The fourth-order valence-corrected chi connectivity index (χ4v) is 3.42. The van der Waals surface area contributed by atoms with E-state index in [0.29, 0.717) is 6.04 Å². The van der Waals surface area contributed by atoms with Crippen LogP contribution in [0.15, 0.2) is 43.0 Å². The van der Waals surface area contributed by atoms with Gasteiger partial charge < -0.3 is 15.6 Å². The summed E-state index contributed by atoms with van der Waals surface area (Å²) in [5.74, 6) is 0.888. The maximum absolute atomic E-state index is 4.80. The Morgan fingerprint density at radius 1 is 1.24 bits per heavy atom. The van der Waals surface area contributed by atoms with Gasteiger partial charge in [0.15, 0.2) is 5.65 Å². The van der Waals surface area contributed by atoms with E-state index < -0.39 is 0 Å². The molecule has 5 rings (SSSR count). The Labute approximate surface area is 144 Å². The van der Waals surface area contributed by atoms with Gasteiger partial charge in [0.25, 0.3) is 0 Å². The summed E-state index contributed by atoms with van der Waals surface area (Å²) in [6.45, 7) is 2.08. The van der Waals surface area contributed by atoms with E-state index in [0.717, 1.165) is 46.7 Å². The van der Waals surface area contributed by atoms with Crippen molar-refractivity contribution in [2.45, 2.75) is 18.9 Å². The molecule has 25 heavy (non-hydrogen) atoms. The third-order valence-corrected chi connectivity index (χ3v) is 4.73. The van der Waals surface area contributed by atoms with E-state index in [1.807, 2.05) is 36.9 Å². The molecule has 0 saturated carbocycles. The van der Waals surface area contributed by atoms with Gasteiger partial charge in [0.05, 0.1) is 6.20 Å². The third-order valence-electron chi connectivity index (χ3n) is 4.73. The first kappa shape index (κ1) is 14.4. The molecule has 1 fully saturated rings. The van der Waals surface area contributed by atoms with E-state index in [1.54, 1.807) is 4.52 Å². The second-order valence-corrected chi connectivity index (χ2v) is 6.47. The van der Waals surface area contributed by atoms with Crippen LogP contribution < -0.4 is 10.6 Å². The van der Waals surface area contributed by atoms with Gasteiger partial charge >= 0.3 is 0 Å². The molecule has 0 bridgehead atoms. The Balaban J connectivity index is 1.53. The van der Waals surface area contributed by atoms with Gasteiger partial charge in [-0.1, -0.05) is 0 Å². The highest BCUT2D eigenvalue weighted by Gasteiger charge is 2.15. The minimum Gasteiger partial charge on any atom is -0.366 e. The predicted octanol–water partition coefficient (Wildman–Crippen LogP) is 2.44. The summed E-state index contributed by atoms with van der Waals surface area (Å²) in [6, 6.07) is 6.54. The molecule has 1 unspecified atom stereocenters. The molecule has 0 radical (unpaired) electrons. The van der Waals surface area contributed by atoms with Crippen LogP contribution in [0.5, 0.6) is 0 Å². The first-order valence-corrected chi connectivity index (χ1v) is 8.62. The fraction of sp³-hybridized carbons (Fsp3) is 0.278. The topological polar surface area (TPSA) is 82.9 Å². The number of hydrogen-bond donors (Lipinski definition) is 3. The summed E-state index contributed by atoms with van der Waals surface area (Å²) in [4.78, 5) is 12.4. The van der Waals surface area contributed by atoms with Gasteiger partial charge in [-0.15, -0.1) is 0 Å². The number of hydrogen-bond acceptors (Lipinski definition) is 5. The zero-order valence-corrected chi connectivity index (χ0v) is 13.7. The highest BCUT2D eigenvalue weighted by atomic mass is 15.3. The first-order chi connectivity index (χ1) is 12.4. The third kappa shape index (κ3) is 2.62.